The molecule has 13 heteroatoms. The van der Waals surface area contributed by atoms with Crippen molar-refractivity contribution >= 4 is 40.7 Å². The molecule has 0 atom stereocenters. The minimum atomic E-state index is -0.653. The topological polar surface area (TPSA) is 161 Å². The number of hydrogen-bond acceptors (Lipinski definition) is 10. The highest BCUT2D eigenvalue weighted by Gasteiger charge is 2.21. The van der Waals surface area contributed by atoms with Gasteiger partial charge in [0.25, 0.3) is 5.91 Å². The molecule has 2 aromatic carbocycles. The normalized spacial score (nSPS) is 10.8. The van der Waals surface area contributed by atoms with E-state index in [0.717, 1.165) is 0 Å². The molecule has 47 heavy (non-hydrogen) atoms. The van der Waals surface area contributed by atoms with E-state index in [1.807, 2.05) is 0 Å². The maximum Gasteiger partial charge on any atom is 0.407 e. The van der Waals surface area contributed by atoms with Gasteiger partial charge in [0.05, 0.1) is 17.7 Å². The van der Waals surface area contributed by atoms with E-state index in [0.29, 0.717) is 44.4 Å². The van der Waals surface area contributed by atoms with Gasteiger partial charge >= 0.3 is 6.09 Å². The van der Waals surface area contributed by atoms with Crippen molar-refractivity contribution in [3.8, 4) is 40.0 Å². The van der Waals surface area contributed by atoms with E-state index in [4.69, 9.17) is 23.9 Å². The van der Waals surface area contributed by atoms with E-state index < -0.39 is 17.6 Å². The Kier molecular flexibility index (Phi) is 11.5. The van der Waals surface area contributed by atoms with Crippen molar-refractivity contribution in [3.05, 3.63) is 76.5 Å². The largest absolute Gasteiger partial charge is 0.497 e. The van der Waals surface area contributed by atoms with Gasteiger partial charge in [0.2, 0.25) is 5.91 Å². The van der Waals surface area contributed by atoms with Crippen molar-refractivity contribution in [2.75, 3.05) is 38.2 Å². The number of alkyl carbamates (subject to hydrolysis) is 1. The molecule has 3 amide bonds. The summed E-state index contributed by atoms with van der Waals surface area (Å²) in [5.41, 5.74) is 1.85. The number of carbonyl (C=O) groups excluding carboxylic acids is 3. The molecular weight excluding hydrogens is 622 g/mol. The van der Waals surface area contributed by atoms with Gasteiger partial charge in [-0.15, -0.1) is 11.3 Å². The molecule has 0 fully saturated rings. The van der Waals surface area contributed by atoms with Gasteiger partial charge in [-0.2, -0.15) is 5.26 Å². The summed E-state index contributed by atoms with van der Waals surface area (Å²) in [6.07, 6.45) is -0.607. The molecule has 2 aromatic heterocycles. The Morgan fingerprint density at radius 3 is 2.47 bits per heavy atom. The van der Waals surface area contributed by atoms with Crippen LogP contribution in [-0.4, -0.2) is 56.0 Å². The van der Waals surface area contributed by atoms with Gasteiger partial charge in [0, 0.05) is 36.9 Å². The van der Waals surface area contributed by atoms with Gasteiger partial charge in [-0.05, 0) is 74.2 Å². The first-order valence-electron chi connectivity index (χ1n) is 14.5. The van der Waals surface area contributed by atoms with E-state index >= 15 is 0 Å². The van der Waals surface area contributed by atoms with Crippen LogP contribution in [0.3, 0.4) is 0 Å². The van der Waals surface area contributed by atoms with Crippen LogP contribution in [0.2, 0.25) is 0 Å². The first kappa shape index (κ1) is 34.4. The number of amides is 3. The number of aromatic nitrogens is 1. The molecule has 0 spiro atoms. The van der Waals surface area contributed by atoms with Crippen molar-refractivity contribution in [3.63, 3.8) is 0 Å². The highest BCUT2D eigenvalue weighted by Crippen LogP contribution is 2.38. The Hall–Kier alpha value is -5.45. The summed E-state index contributed by atoms with van der Waals surface area (Å²) >= 11 is 1.25. The van der Waals surface area contributed by atoms with Crippen LogP contribution in [0.5, 0.6) is 11.5 Å². The summed E-state index contributed by atoms with van der Waals surface area (Å²) in [7, 11) is 3.04. The molecule has 3 N–H and O–H groups in total. The predicted octanol–water partition coefficient (Wildman–Crippen LogP) is 6.45. The second-order valence-corrected chi connectivity index (χ2v) is 12.0. The molecule has 0 aliphatic carbocycles. The van der Waals surface area contributed by atoms with Crippen LogP contribution in [-0.2, 0) is 14.3 Å². The number of ether oxygens (including phenoxy) is 4. The number of nitriles is 1. The minimum absolute atomic E-state index is 0.00527. The number of carbonyl (C=O) groups is 3. The number of hydrogen-bond donors (Lipinski definition) is 3. The molecular formula is C34H35N5O7S. The lowest BCUT2D eigenvalue weighted by molar-refractivity contribution is -0.116. The lowest BCUT2D eigenvalue weighted by Gasteiger charge is -2.19. The molecule has 0 saturated heterocycles. The van der Waals surface area contributed by atoms with Crippen molar-refractivity contribution in [1.82, 2.24) is 10.3 Å². The zero-order valence-electron chi connectivity index (χ0n) is 26.6. The lowest BCUT2D eigenvalue weighted by atomic mass is 9.97. The van der Waals surface area contributed by atoms with Crippen LogP contribution >= 0.6 is 11.3 Å². The average molecular weight is 658 g/mol. The van der Waals surface area contributed by atoms with Gasteiger partial charge in [0.15, 0.2) is 12.6 Å². The lowest BCUT2D eigenvalue weighted by Crippen LogP contribution is -2.34. The second-order valence-electron chi connectivity index (χ2n) is 11.0. The van der Waals surface area contributed by atoms with Crippen LogP contribution < -0.4 is 25.4 Å². The quantitative estimate of drug-likeness (QED) is 0.146. The van der Waals surface area contributed by atoms with Gasteiger partial charge in [0.1, 0.15) is 28.7 Å². The van der Waals surface area contributed by atoms with Crippen LogP contribution in [0, 0.1) is 11.3 Å². The third kappa shape index (κ3) is 9.52. The number of thiophene rings is 1. The van der Waals surface area contributed by atoms with Gasteiger partial charge in [-0.3, -0.25) is 9.59 Å². The maximum absolute atomic E-state index is 13.1. The average Bonchev–Trinajstić information content (AvgIpc) is 3.58. The van der Waals surface area contributed by atoms with Crippen LogP contribution in [0.15, 0.2) is 66.0 Å². The number of pyridine rings is 1. The first-order valence-corrected chi connectivity index (χ1v) is 15.4. The number of nitrogens with one attached hydrogen (secondary N) is 3. The van der Waals surface area contributed by atoms with Crippen LogP contribution in [0.1, 0.15) is 42.4 Å². The molecule has 244 valence electrons. The van der Waals surface area contributed by atoms with Crippen molar-refractivity contribution in [2.24, 2.45) is 0 Å². The molecule has 0 radical (unpaired) electrons. The molecule has 4 rings (SSSR count). The molecule has 4 aromatic rings. The summed E-state index contributed by atoms with van der Waals surface area (Å²) in [6, 6.07) is 19.4. The molecule has 0 saturated carbocycles. The van der Waals surface area contributed by atoms with Crippen molar-refractivity contribution in [2.45, 2.75) is 32.8 Å². The third-order valence-corrected chi connectivity index (χ3v) is 7.25. The Bertz CT molecular complexity index is 1780. The van der Waals surface area contributed by atoms with E-state index in [-0.39, 0.29) is 37.0 Å². The number of nitrogens with zero attached hydrogens (tertiary/aromatic N) is 2. The van der Waals surface area contributed by atoms with E-state index in [1.54, 1.807) is 86.8 Å². The van der Waals surface area contributed by atoms with Crippen molar-refractivity contribution in [1.29, 1.82) is 5.26 Å². The fourth-order valence-electron chi connectivity index (χ4n) is 4.36. The van der Waals surface area contributed by atoms with E-state index in [2.05, 4.69) is 22.0 Å². The third-order valence-electron chi connectivity index (χ3n) is 6.38. The second kappa shape index (κ2) is 15.7. The number of rotatable bonds is 12. The highest BCUT2D eigenvalue weighted by molar-refractivity contribution is 7.12. The van der Waals surface area contributed by atoms with Crippen LogP contribution in [0.25, 0.3) is 22.4 Å². The zero-order chi connectivity index (χ0) is 34.0. The highest BCUT2D eigenvalue weighted by atomic mass is 32.1. The SMILES string of the molecule is COCOc1ccc(OC)cc1-c1cc(-c2cccc(NC(=O)CCNC(=O)OC(C)(C)C)c2)c(C#N)c(NC(=O)c2cccs2)n1. The molecule has 0 unspecified atom stereocenters. The Balaban J connectivity index is 1.71. The predicted molar refractivity (Wildman–Crippen MR) is 179 cm³/mol. The molecule has 0 aliphatic rings. The van der Waals surface area contributed by atoms with Crippen LogP contribution in [0.4, 0.5) is 16.3 Å². The summed E-state index contributed by atoms with van der Waals surface area (Å²) < 4.78 is 21.6. The minimum Gasteiger partial charge on any atom is -0.497 e. The van der Waals surface area contributed by atoms with Gasteiger partial charge in [-0.25, -0.2) is 9.78 Å². The Morgan fingerprint density at radius 1 is 0.979 bits per heavy atom. The number of anilines is 2. The smallest absolute Gasteiger partial charge is 0.407 e. The Morgan fingerprint density at radius 2 is 1.79 bits per heavy atom. The number of methoxy groups -OCH3 is 2. The van der Waals surface area contributed by atoms with Gasteiger partial charge < -0.3 is 34.9 Å². The summed E-state index contributed by atoms with van der Waals surface area (Å²) in [4.78, 5) is 42.9. The summed E-state index contributed by atoms with van der Waals surface area (Å²) in [6.45, 7) is 5.30. The van der Waals surface area contributed by atoms with Gasteiger partial charge in [-0.1, -0.05) is 18.2 Å². The van der Waals surface area contributed by atoms with E-state index in [9.17, 15) is 19.6 Å². The summed E-state index contributed by atoms with van der Waals surface area (Å²) in [5, 5.41) is 20.3. The molecule has 2 heterocycles. The molecule has 12 nitrogen and oxygen atoms in total. The van der Waals surface area contributed by atoms with E-state index in [1.165, 1.54) is 25.6 Å². The zero-order valence-corrected chi connectivity index (χ0v) is 27.4. The standard InChI is InChI=1S/C34H35N5O7S/c1-34(2,3)46-33(42)36-14-13-30(40)37-22-9-6-8-21(16-22)24-18-27(25-17-23(44-5)11-12-28(25)45-20-43-4)38-31(26(24)19-35)39-32(41)29-10-7-15-47-29/h6-12,15-18H,13-14,20H2,1-5H3,(H,36,42)(H,37,40)(H,38,39,41). The number of benzene rings is 2. The maximum atomic E-state index is 13.1. The van der Waals surface area contributed by atoms with Crippen molar-refractivity contribution < 1.29 is 33.3 Å². The Labute approximate surface area is 276 Å². The first-order chi connectivity index (χ1) is 22.5. The molecule has 0 aliphatic heterocycles. The summed E-state index contributed by atoms with van der Waals surface area (Å²) in [5.74, 6) is 0.255. The molecule has 0 bridgehead atoms. The monoisotopic (exact) mass is 657 g/mol. The fraction of sp³-hybridized carbons (Fsp3) is 0.265. The fourth-order valence-corrected chi connectivity index (χ4v) is 4.97.